The van der Waals surface area contributed by atoms with E-state index >= 15 is 0 Å². The fourth-order valence-corrected chi connectivity index (χ4v) is 1.48. The number of hydrogen-bond donors (Lipinski definition) is 0. The Bertz CT molecular complexity index is 136. The molecule has 2 rings (SSSR count). The number of nitrogens with zero attached hydrogens (tertiary/aromatic N) is 1. The zero-order valence-electron chi connectivity index (χ0n) is 6.82. The van der Waals surface area contributed by atoms with E-state index in [-0.39, 0.29) is 0 Å². The van der Waals surface area contributed by atoms with Gasteiger partial charge in [0.25, 0.3) is 0 Å². The first-order valence-corrected chi connectivity index (χ1v) is 4.15. The van der Waals surface area contributed by atoms with Crippen LogP contribution in [-0.2, 0) is 9.47 Å². The van der Waals surface area contributed by atoms with Crippen LogP contribution in [0.4, 0.5) is 0 Å². The van der Waals surface area contributed by atoms with Crippen LogP contribution in [0.15, 0.2) is 0 Å². The number of ether oxygens (including phenoxy) is 2. The van der Waals surface area contributed by atoms with Gasteiger partial charge >= 0.3 is 0 Å². The van der Waals surface area contributed by atoms with E-state index in [4.69, 9.17) is 9.47 Å². The Labute approximate surface area is 67.3 Å². The highest BCUT2D eigenvalue weighted by molar-refractivity contribution is 4.83. The molecular formula is C8H14NO2. The van der Waals surface area contributed by atoms with Crippen LogP contribution in [0.2, 0.25) is 0 Å². The molecule has 0 amide bonds. The van der Waals surface area contributed by atoms with Crippen LogP contribution in [0.25, 0.3) is 0 Å². The zero-order valence-corrected chi connectivity index (χ0v) is 6.82. The summed E-state index contributed by atoms with van der Waals surface area (Å²) in [6.45, 7) is 7.80. The van der Waals surface area contributed by atoms with Crippen molar-refractivity contribution in [1.82, 2.24) is 4.90 Å². The summed E-state index contributed by atoms with van der Waals surface area (Å²) in [7, 11) is 0. The minimum absolute atomic E-state index is 0.351. The predicted molar refractivity (Wildman–Crippen MR) is 41.0 cm³/mol. The van der Waals surface area contributed by atoms with Crippen molar-refractivity contribution >= 4 is 0 Å². The van der Waals surface area contributed by atoms with E-state index in [0.717, 1.165) is 26.3 Å². The lowest BCUT2D eigenvalue weighted by molar-refractivity contribution is -0.0949. The third-order valence-corrected chi connectivity index (χ3v) is 2.27. The number of morpholine rings is 1. The number of rotatable bonds is 1. The minimum Gasteiger partial charge on any atom is -0.378 e. The summed E-state index contributed by atoms with van der Waals surface area (Å²) in [5, 5.41) is 0. The highest BCUT2D eigenvalue weighted by Gasteiger charge is 2.29. The molecule has 0 N–H and O–H groups in total. The standard InChI is InChI=1S/C8H14NO2/c1-7-4-9(2-3-11-7)8-5-10-6-8/h3,7-8H,2,4-6H2,1H3. The van der Waals surface area contributed by atoms with Gasteiger partial charge in [-0.25, -0.2) is 0 Å². The molecule has 3 heteroatoms. The van der Waals surface area contributed by atoms with Gasteiger partial charge in [0.1, 0.15) is 0 Å². The van der Waals surface area contributed by atoms with E-state index < -0.39 is 0 Å². The van der Waals surface area contributed by atoms with Gasteiger partial charge in [0, 0.05) is 13.1 Å². The number of hydrogen-bond acceptors (Lipinski definition) is 3. The summed E-state index contributed by atoms with van der Waals surface area (Å²) in [5.74, 6) is 0. The van der Waals surface area contributed by atoms with Crippen LogP contribution >= 0.6 is 0 Å². The van der Waals surface area contributed by atoms with Gasteiger partial charge in [-0.3, -0.25) is 4.90 Å². The van der Waals surface area contributed by atoms with E-state index in [1.165, 1.54) is 0 Å². The van der Waals surface area contributed by atoms with Crippen molar-refractivity contribution in [3.63, 3.8) is 0 Å². The van der Waals surface area contributed by atoms with Crippen LogP contribution in [0.5, 0.6) is 0 Å². The second-order valence-corrected chi connectivity index (χ2v) is 3.26. The van der Waals surface area contributed by atoms with E-state index in [9.17, 15) is 0 Å². The predicted octanol–water partition coefficient (Wildman–Crippen LogP) is 0.268. The van der Waals surface area contributed by atoms with E-state index in [1.807, 2.05) is 6.61 Å². The van der Waals surface area contributed by atoms with E-state index in [0.29, 0.717) is 12.1 Å². The monoisotopic (exact) mass is 156 g/mol. The molecule has 0 aromatic carbocycles. The van der Waals surface area contributed by atoms with Gasteiger partial charge < -0.3 is 9.47 Å². The maximum absolute atomic E-state index is 5.32. The molecule has 2 fully saturated rings. The molecule has 1 atom stereocenters. The third-order valence-electron chi connectivity index (χ3n) is 2.27. The van der Waals surface area contributed by atoms with E-state index in [1.54, 1.807) is 0 Å². The second kappa shape index (κ2) is 3.09. The van der Waals surface area contributed by atoms with Crippen molar-refractivity contribution in [2.45, 2.75) is 19.1 Å². The Morgan fingerprint density at radius 3 is 2.82 bits per heavy atom. The Balaban J connectivity index is 1.82. The maximum atomic E-state index is 5.32. The van der Waals surface area contributed by atoms with Gasteiger partial charge in [-0.1, -0.05) is 0 Å². The van der Waals surface area contributed by atoms with Gasteiger partial charge in [-0.05, 0) is 6.92 Å². The third kappa shape index (κ3) is 1.55. The van der Waals surface area contributed by atoms with E-state index in [2.05, 4.69) is 11.8 Å². The first-order chi connectivity index (χ1) is 5.36. The first-order valence-electron chi connectivity index (χ1n) is 4.15. The summed E-state index contributed by atoms with van der Waals surface area (Å²) in [6, 6.07) is 0.651. The fraction of sp³-hybridized carbons (Fsp3) is 0.875. The SMILES string of the molecule is CC1CN(C2COC2)C[CH]O1. The largest absolute Gasteiger partial charge is 0.378 e. The van der Waals surface area contributed by atoms with Gasteiger partial charge in [0.15, 0.2) is 0 Å². The summed E-state index contributed by atoms with van der Waals surface area (Å²) in [6.07, 6.45) is 0.351. The van der Waals surface area contributed by atoms with Crippen LogP contribution in [0, 0.1) is 6.61 Å². The molecule has 3 nitrogen and oxygen atoms in total. The molecule has 2 aliphatic heterocycles. The molecule has 1 radical (unpaired) electrons. The summed E-state index contributed by atoms with van der Waals surface area (Å²) >= 11 is 0. The summed E-state index contributed by atoms with van der Waals surface area (Å²) in [4.78, 5) is 2.41. The van der Waals surface area contributed by atoms with Crippen LogP contribution < -0.4 is 0 Å². The second-order valence-electron chi connectivity index (χ2n) is 3.26. The molecular weight excluding hydrogens is 142 g/mol. The summed E-state index contributed by atoms with van der Waals surface area (Å²) in [5.41, 5.74) is 0. The lowest BCUT2D eigenvalue weighted by atomic mass is 10.2. The Hall–Kier alpha value is -0.120. The average molecular weight is 156 g/mol. The van der Waals surface area contributed by atoms with Gasteiger partial charge in [0.05, 0.1) is 32.0 Å². The Kier molecular flexibility index (Phi) is 2.11. The van der Waals surface area contributed by atoms with Crippen LogP contribution in [0.3, 0.4) is 0 Å². The van der Waals surface area contributed by atoms with Crippen molar-refractivity contribution in [2.24, 2.45) is 0 Å². The van der Waals surface area contributed by atoms with Crippen molar-refractivity contribution in [1.29, 1.82) is 0 Å². The minimum atomic E-state index is 0.351. The zero-order chi connectivity index (χ0) is 7.68. The van der Waals surface area contributed by atoms with Crippen molar-refractivity contribution in [3.8, 4) is 0 Å². The van der Waals surface area contributed by atoms with Gasteiger partial charge in [0.2, 0.25) is 0 Å². The first kappa shape index (κ1) is 7.53. The molecule has 0 saturated carbocycles. The van der Waals surface area contributed by atoms with Crippen molar-refractivity contribution < 1.29 is 9.47 Å². The summed E-state index contributed by atoms with van der Waals surface area (Å²) < 4.78 is 10.4. The van der Waals surface area contributed by atoms with Crippen LogP contribution in [-0.4, -0.2) is 43.3 Å². The maximum Gasteiger partial charge on any atom is 0.0980 e. The lowest BCUT2D eigenvalue weighted by Crippen LogP contribution is -2.53. The molecule has 0 aliphatic carbocycles. The van der Waals surface area contributed by atoms with Crippen molar-refractivity contribution in [3.05, 3.63) is 6.61 Å². The molecule has 0 aromatic heterocycles. The van der Waals surface area contributed by atoms with Gasteiger partial charge in [-0.15, -0.1) is 0 Å². The molecule has 2 aliphatic rings. The lowest BCUT2D eigenvalue weighted by Gasteiger charge is -2.40. The fourth-order valence-electron chi connectivity index (χ4n) is 1.48. The highest BCUT2D eigenvalue weighted by Crippen LogP contribution is 2.15. The Morgan fingerprint density at radius 2 is 2.27 bits per heavy atom. The molecule has 0 aromatic rings. The normalized spacial score (nSPS) is 35.2. The smallest absolute Gasteiger partial charge is 0.0980 e. The molecule has 0 bridgehead atoms. The molecule has 1 unspecified atom stereocenters. The Morgan fingerprint density at radius 1 is 1.45 bits per heavy atom. The molecule has 0 spiro atoms. The quantitative estimate of drug-likeness (QED) is 0.544. The molecule has 63 valence electrons. The average Bonchev–Trinajstić information content (AvgIpc) is 1.83. The highest BCUT2D eigenvalue weighted by atomic mass is 16.5. The van der Waals surface area contributed by atoms with Crippen LogP contribution in [0.1, 0.15) is 6.92 Å². The topological polar surface area (TPSA) is 21.7 Å². The van der Waals surface area contributed by atoms with Gasteiger partial charge in [-0.2, -0.15) is 0 Å². The molecule has 2 saturated heterocycles. The molecule has 11 heavy (non-hydrogen) atoms. The van der Waals surface area contributed by atoms with Crippen molar-refractivity contribution in [2.75, 3.05) is 26.3 Å². The molecule has 2 heterocycles.